The van der Waals surface area contributed by atoms with Crippen LogP contribution in [0.1, 0.15) is 30.7 Å². The molecule has 3 heterocycles. The van der Waals surface area contributed by atoms with E-state index >= 15 is 0 Å². The molecule has 5 heteroatoms. The van der Waals surface area contributed by atoms with Gasteiger partial charge in [0.05, 0.1) is 11.4 Å². The Balaban J connectivity index is 1.69. The van der Waals surface area contributed by atoms with Crippen molar-refractivity contribution >= 4 is 5.95 Å². The van der Waals surface area contributed by atoms with Crippen molar-refractivity contribution in [2.24, 2.45) is 0 Å². The summed E-state index contributed by atoms with van der Waals surface area (Å²) in [5.74, 6) is 0.805. The van der Waals surface area contributed by atoms with E-state index in [1.807, 2.05) is 13.8 Å². The maximum atomic E-state index is 4.55. The van der Waals surface area contributed by atoms with Crippen molar-refractivity contribution in [1.29, 1.82) is 0 Å². The minimum absolute atomic E-state index is 0.692. The number of nitrogens with zero attached hydrogens (tertiary/aromatic N) is 5. The maximum Gasteiger partial charge on any atom is 0.245 e. The van der Waals surface area contributed by atoms with Crippen LogP contribution in [0.3, 0.4) is 0 Å². The zero-order valence-electron chi connectivity index (χ0n) is 11.3. The summed E-state index contributed by atoms with van der Waals surface area (Å²) in [7, 11) is 0. The first-order chi connectivity index (χ1) is 8.74. The van der Waals surface area contributed by atoms with E-state index in [4.69, 9.17) is 0 Å². The summed E-state index contributed by atoms with van der Waals surface area (Å²) in [6.45, 7) is 8.61. The number of likely N-dealkylation sites (tertiary alicyclic amines) is 1. The normalized spacial score (nSPS) is 25.0. The zero-order chi connectivity index (χ0) is 12.5. The van der Waals surface area contributed by atoms with E-state index in [2.05, 4.69) is 25.0 Å². The highest BCUT2D eigenvalue weighted by molar-refractivity contribution is 5.32. The Hall–Kier alpha value is -1.23. The number of rotatable bonds is 2. The quantitative estimate of drug-likeness (QED) is 0.785. The van der Waals surface area contributed by atoms with Crippen LogP contribution >= 0.6 is 0 Å². The van der Waals surface area contributed by atoms with Crippen LogP contribution in [0.15, 0.2) is 0 Å². The van der Waals surface area contributed by atoms with Crippen LogP contribution in [0.2, 0.25) is 0 Å². The van der Waals surface area contributed by atoms with E-state index in [9.17, 15) is 0 Å². The van der Waals surface area contributed by atoms with Gasteiger partial charge in [-0.25, -0.2) is 4.98 Å². The van der Waals surface area contributed by atoms with Crippen molar-refractivity contribution < 1.29 is 0 Å². The average molecular weight is 247 g/mol. The Morgan fingerprint density at radius 2 is 1.78 bits per heavy atom. The SMILES string of the molecule is Cc1nnc(N2CCC(N3CCCC3)C2)nc1C. The minimum Gasteiger partial charge on any atom is -0.338 e. The van der Waals surface area contributed by atoms with Crippen molar-refractivity contribution in [3.63, 3.8) is 0 Å². The van der Waals surface area contributed by atoms with Crippen LogP contribution in [-0.4, -0.2) is 52.3 Å². The molecule has 2 aliphatic heterocycles. The number of hydrogen-bond acceptors (Lipinski definition) is 5. The van der Waals surface area contributed by atoms with Gasteiger partial charge in [-0.05, 0) is 46.2 Å². The predicted molar refractivity (Wildman–Crippen MR) is 70.7 cm³/mol. The largest absolute Gasteiger partial charge is 0.338 e. The molecule has 0 radical (unpaired) electrons. The topological polar surface area (TPSA) is 45.2 Å². The van der Waals surface area contributed by atoms with E-state index in [0.29, 0.717) is 6.04 Å². The molecule has 1 aromatic heterocycles. The highest BCUT2D eigenvalue weighted by Gasteiger charge is 2.30. The van der Waals surface area contributed by atoms with Crippen LogP contribution in [0.5, 0.6) is 0 Å². The summed E-state index contributed by atoms with van der Waals surface area (Å²) in [5, 5.41) is 8.41. The molecule has 0 bridgehead atoms. The van der Waals surface area contributed by atoms with Crippen LogP contribution in [0.25, 0.3) is 0 Å². The summed E-state index contributed by atoms with van der Waals surface area (Å²) in [4.78, 5) is 9.45. The van der Waals surface area contributed by atoms with Gasteiger partial charge in [-0.3, -0.25) is 4.90 Å². The molecule has 0 spiro atoms. The highest BCUT2D eigenvalue weighted by Crippen LogP contribution is 2.22. The second-order valence-corrected chi connectivity index (χ2v) is 5.41. The van der Waals surface area contributed by atoms with Crippen LogP contribution < -0.4 is 4.90 Å². The van der Waals surface area contributed by atoms with E-state index in [1.54, 1.807) is 0 Å². The van der Waals surface area contributed by atoms with Gasteiger partial charge in [-0.2, -0.15) is 5.10 Å². The first-order valence-corrected chi connectivity index (χ1v) is 6.91. The van der Waals surface area contributed by atoms with Gasteiger partial charge in [0, 0.05) is 19.1 Å². The summed E-state index contributed by atoms with van der Waals surface area (Å²) < 4.78 is 0. The van der Waals surface area contributed by atoms with E-state index in [-0.39, 0.29) is 0 Å². The van der Waals surface area contributed by atoms with E-state index in [1.165, 1.54) is 32.4 Å². The molecular formula is C13H21N5. The maximum absolute atomic E-state index is 4.55. The van der Waals surface area contributed by atoms with Gasteiger partial charge in [-0.15, -0.1) is 5.10 Å². The third-order valence-electron chi connectivity index (χ3n) is 4.18. The summed E-state index contributed by atoms with van der Waals surface area (Å²) in [6.07, 6.45) is 3.95. The number of hydrogen-bond donors (Lipinski definition) is 0. The van der Waals surface area contributed by atoms with E-state index < -0.39 is 0 Å². The van der Waals surface area contributed by atoms with Crippen LogP contribution in [0, 0.1) is 13.8 Å². The first-order valence-electron chi connectivity index (χ1n) is 6.91. The molecule has 3 rings (SSSR count). The van der Waals surface area contributed by atoms with Crippen molar-refractivity contribution in [2.45, 2.75) is 39.2 Å². The Morgan fingerprint density at radius 1 is 1.00 bits per heavy atom. The van der Waals surface area contributed by atoms with Crippen molar-refractivity contribution in [2.75, 3.05) is 31.1 Å². The average Bonchev–Trinajstić information content (AvgIpc) is 3.01. The smallest absolute Gasteiger partial charge is 0.245 e. The lowest BCUT2D eigenvalue weighted by Gasteiger charge is -2.23. The van der Waals surface area contributed by atoms with Gasteiger partial charge in [-0.1, -0.05) is 0 Å². The molecule has 98 valence electrons. The third kappa shape index (κ3) is 2.19. The lowest BCUT2D eigenvalue weighted by Crippen LogP contribution is -2.35. The number of aromatic nitrogens is 3. The fourth-order valence-corrected chi connectivity index (χ4v) is 2.91. The standard InChI is InChI=1S/C13H21N5/c1-10-11(2)15-16-13(14-10)18-8-5-12(9-18)17-6-3-4-7-17/h12H,3-9H2,1-2H3. The fraction of sp³-hybridized carbons (Fsp3) is 0.769. The number of aryl methyl sites for hydroxylation is 2. The van der Waals surface area contributed by atoms with Crippen LogP contribution in [-0.2, 0) is 0 Å². The van der Waals surface area contributed by atoms with Gasteiger partial charge >= 0.3 is 0 Å². The van der Waals surface area contributed by atoms with Crippen molar-refractivity contribution in [3.05, 3.63) is 11.4 Å². The van der Waals surface area contributed by atoms with Crippen molar-refractivity contribution in [1.82, 2.24) is 20.1 Å². The Morgan fingerprint density at radius 3 is 2.50 bits per heavy atom. The molecule has 2 saturated heterocycles. The summed E-state index contributed by atoms with van der Waals surface area (Å²) >= 11 is 0. The third-order valence-corrected chi connectivity index (χ3v) is 4.18. The molecule has 0 N–H and O–H groups in total. The number of anilines is 1. The summed E-state index contributed by atoms with van der Waals surface area (Å²) in [5.41, 5.74) is 1.92. The summed E-state index contributed by atoms with van der Waals surface area (Å²) in [6, 6.07) is 0.692. The fourth-order valence-electron chi connectivity index (χ4n) is 2.91. The second-order valence-electron chi connectivity index (χ2n) is 5.41. The predicted octanol–water partition coefficient (Wildman–Crippen LogP) is 1.16. The van der Waals surface area contributed by atoms with Crippen LogP contribution in [0.4, 0.5) is 5.95 Å². The molecule has 2 aliphatic rings. The molecule has 0 amide bonds. The lowest BCUT2D eigenvalue weighted by molar-refractivity contribution is 0.260. The Kier molecular flexibility index (Phi) is 3.16. The lowest BCUT2D eigenvalue weighted by atomic mass is 10.2. The van der Waals surface area contributed by atoms with Gasteiger partial charge in [0.25, 0.3) is 0 Å². The first kappa shape index (κ1) is 11.8. The molecule has 1 aromatic rings. The molecule has 0 aromatic carbocycles. The van der Waals surface area contributed by atoms with Crippen molar-refractivity contribution in [3.8, 4) is 0 Å². The highest BCUT2D eigenvalue weighted by atomic mass is 15.4. The molecule has 0 saturated carbocycles. The zero-order valence-corrected chi connectivity index (χ0v) is 11.3. The Bertz CT molecular complexity index is 427. The molecule has 1 atom stereocenters. The molecule has 2 fully saturated rings. The molecular weight excluding hydrogens is 226 g/mol. The van der Waals surface area contributed by atoms with E-state index in [0.717, 1.165) is 30.4 Å². The molecule has 5 nitrogen and oxygen atoms in total. The van der Waals surface area contributed by atoms with Gasteiger partial charge < -0.3 is 4.90 Å². The Labute approximate surface area is 108 Å². The molecule has 18 heavy (non-hydrogen) atoms. The monoisotopic (exact) mass is 247 g/mol. The van der Waals surface area contributed by atoms with Gasteiger partial charge in [0.2, 0.25) is 5.95 Å². The molecule has 1 unspecified atom stereocenters. The van der Waals surface area contributed by atoms with Gasteiger partial charge in [0.1, 0.15) is 0 Å². The minimum atomic E-state index is 0.692. The molecule has 0 aliphatic carbocycles. The second kappa shape index (κ2) is 4.80. The van der Waals surface area contributed by atoms with Gasteiger partial charge in [0.15, 0.2) is 0 Å².